The Hall–Kier alpha value is -2.21. The highest BCUT2D eigenvalue weighted by Gasteiger charge is 2.22. The molecule has 1 fully saturated rings. The fraction of sp³-hybridized carbons (Fsp3) is 0.471. The molecule has 2 aromatic heterocycles. The van der Waals surface area contributed by atoms with Crippen molar-refractivity contribution in [1.82, 2.24) is 19.9 Å². The minimum absolute atomic E-state index is 0.0496. The molecule has 122 valence electrons. The molecule has 1 aliphatic heterocycles. The quantitative estimate of drug-likeness (QED) is 0.888. The molecule has 1 N–H and O–H groups in total. The van der Waals surface area contributed by atoms with Crippen LogP contribution < -0.4 is 5.32 Å². The fourth-order valence-electron chi connectivity index (χ4n) is 2.86. The Labute approximate surface area is 135 Å². The van der Waals surface area contributed by atoms with Gasteiger partial charge in [0.05, 0.1) is 12.2 Å². The van der Waals surface area contributed by atoms with Gasteiger partial charge >= 0.3 is 0 Å². The second kappa shape index (κ2) is 7.37. The van der Waals surface area contributed by atoms with E-state index in [-0.39, 0.29) is 12.0 Å². The van der Waals surface area contributed by atoms with Crippen molar-refractivity contribution < 1.29 is 9.53 Å². The van der Waals surface area contributed by atoms with Gasteiger partial charge in [0.2, 0.25) is 5.91 Å². The molecule has 0 radical (unpaired) electrons. The minimum atomic E-state index is 0.0496. The zero-order chi connectivity index (χ0) is 16.1. The molecule has 3 rings (SSSR count). The van der Waals surface area contributed by atoms with Gasteiger partial charge in [-0.1, -0.05) is 6.07 Å². The number of hydrogen-bond acceptors (Lipinski definition) is 4. The van der Waals surface area contributed by atoms with Gasteiger partial charge in [-0.15, -0.1) is 0 Å². The van der Waals surface area contributed by atoms with Gasteiger partial charge in [0, 0.05) is 37.1 Å². The zero-order valence-electron chi connectivity index (χ0n) is 13.3. The molecular formula is C17H22N4O2. The van der Waals surface area contributed by atoms with Crippen molar-refractivity contribution in [2.45, 2.75) is 51.4 Å². The first kappa shape index (κ1) is 15.7. The highest BCUT2D eigenvalue weighted by molar-refractivity contribution is 5.75. The van der Waals surface area contributed by atoms with Gasteiger partial charge in [-0.25, -0.2) is 9.97 Å². The second-order valence-corrected chi connectivity index (χ2v) is 5.92. The lowest BCUT2D eigenvalue weighted by Crippen LogP contribution is -2.24. The Morgan fingerprint density at radius 1 is 1.43 bits per heavy atom. The Morgan fingerprint density at radius 3 is 3.09 bits per heavy atom. The maximum atomic E-state index is 12.0. The van der Waals surface area contributed by atoms with Crippen molar-refractivity contribution in [3.8, 4) is 5.82 Å². The van der Waals surface area contributed by atoms with E-state index in [4.69, 9.17) is 4.74 Å². The summed E-state index contributed by atoms with van der Waals surface area (Å²) in [6.45, 7) is 2.54. The second-order valence-electron chi connectivity index (χ2n) is 5.92. The summed E-state index contributed by atoms with van der Waals surface area (Å²) in [6.07, 6.45) is 11.0. The molecule has 0 saturated carbocycles. The maximum Gasteiger partial charge on any atom is 0.220 e. The molecule has 0 aliphatic carbocycles. The van der Waals surface area contributed by atoms with Crippen LogP contribution in [0.1, 0.15) is 38.2 Å². The third kappa shape index (κ3) is 4.16. The average Bonchev–Trinajstić information content (AvgIpc) is 3.23. The van der Waals surface area contributed by atoms with E-state index in [0.29, 0.717) is 19.1 Å². The van der Waals surface area contributed by atoms with E-state index in [1.54, 1.807) is 18.7 Å². The SMILES string of the molecule is CC1CCC(CCC(=O)NCc2cccnc2-n2ccnc2)O1. The van der Waals surface area contributed by atoms with Crippen molar-refractivity contribution in [3.63, 3.8) is 0 Å². The third-order valence-corrected chi connectivity index (χ3v) is 4.11. The molecule has 0 aromatic carbocycles. The summed E-state index contributed by atoms with van der Waals surface area (Å²) in [5.41, 5.74) is 0.963. The van der Waals surface area contributed by atoms with E-state index < -0.39 is 0 Å². The van der Waals surface area contributed by atoms with Crippen LogP contribution in [-0.4, -0.2) is 32.7 Å². The van der Waals surface area contributed by atoms with Gasteiger partial charge in [-0.2, -0.15) is 0 Å². The lowest BCUT2D eigenvalue weighted by Gasteiger charge is -2.12. The van der Waals surface area contributed by atoms with Crippen LogP contribution >= 0.6 is 0 Å². The molecular weight excluding hydrogens is 292 g/mol. The van der Waals surface area contributed by atoms with Gasteiger partial charge < -0.3 is 10.1 Å². The molecule has 0 bridgehead atoms. The number of pyridine rings is 1. The highest BCUT2D eigenvalue weighted by Crippen LogP contribution is 2.22. The largest absolute Gasteiger partial charge is 0.375 e. The lowest BCUT2D eigenvalue weighted by atomic mass is 10.1. The normalized spacial score (nSPS) is 20.6. The number of hydrogen-bond donors (Lipinski definition) is 1. The summed E-state index contributed by atoms with van der Waals surface area (Å²) < 4.78 is 7.58. The summed E-state index contributed by atoms with van der Waals surface area (Å²) in [5.74, 6) is 0.840. The number of nitrogens with one attached hydrogen (secondary N) is 1. The first-order valence-corrected chi connectivity index (χ1v) is 8.07. The standard InChI is InChI=1S/C17H22N4O2/c1-13-4-5-15(23-13)6-7-16(22)20-11-14-3-2-8-19-17(14)21-10-9-18-12-21/h2-3,8-10,12-13,15H,4-7,11H2,1H3,(H,20,22). The minimum Gasteiger partial charge on any atom is -0.375 e. The van der Waals surface area contributed by atoms with E-state index in [0.717, 1.165) is 30.6 Å². The van der Waals surface area contributed by atoms with Crippen molar-refractivity contribution in [1.29, 1.82) is 0 Å². The van der Waals surface area contributed by atoms with E-state index in [1.807, 2.05) is 22.9 Å². The molecule has 6 nitrogen and oxygen atoms in total. The molecule has 0 spiro atoms. The Morgan fingerprint density at radius 2 is 2.35 bits per heavy atom. The maximum absolute atomic E-state index is 12.0. The summed E-state index contributed by atoms with van der Waals surface area (Å²) in [4.78, 5) is 20.5. The Balaban J connectivity index is 1.51. The van der Waals surface area contributed by atoms with Gasteiger partial charge in [0.25, 0.3) is 0 Å². The van der Waals surface area contributed by atoms with E-state index >= 15 is 0 Å². The highest BCUT2D eigenvalue weighted by atomic mass is 16.5. The molecule has 2 atom stereocenters. The molecule has 2 aromatic rings. The van der Waals surface area contributed by atoms with Crippen LogP contribution in [0.3, 0.4) is 0 Å². The van der Waals surface area contributed by atoms with Crippen LogP contribution in [0.15, 0.2) is 37.1 Å². The van der Waals surface area contributed by atoms with Crippen LogP contribution in [0.5, 0.6) is 0 Å². The number of carbonyl (C=O) groups excluding carboxylic acids is 1. The van der Waals surface area contributed by atoms with Gasteiger partial charge in [0.15, 0.2) is 0 Å². The van der Waals surface area contributed by atoms with Crippen molar-refractivity contribution in [2.75, 3.05) is 0 Å². The fourth-order valence-corrected chi connectivity index (χ4v) is 2.86. The van der Waals surface area contributed by atoms with Crippen LogP contribution in [0.25, 0.3) is 5.82 Å². The number of ether oxygens (including phenoxy) is 1. The summed E-state index contributed by atoms with van der Waals surface area (Å²) in [7, 11) is 0. The van der Waals surface area contributed by atoms with Crippen molar-refractivity contribution in [2.24, 2.45) is 0 Å². The van der Waals surface area contributed by atoms with Crippen molar-refractivity contribution in [3.05, 3.63) is 42.6 Å². The summed E-state index contributed by atoms with van der Waals surface area (Å²) in [5, 5.41) is 2.97. The number of amides is 1. The number of nitrogens with zero attached hydrogens (tertiary/aromatic N) is 3. The lowest BCUT2D eigenvalue weighted by molar-refractivity contribution is -0.122. The monoisotopic (exact) mass is 314 g/mol. The molecule has 1 aliphatic rings. The number of imidazole rings is 1. The van der Waals surface area contributed by atoms with Crippen LogP contribution in [-0.2, 0) is 16.1 Å². The van der Waals surface area contributed by atoms with Crippen LogP contribution in [0.2, 0.25) is 0 Å². The van der Waals surface area contributed by atoms with Gasteiger partial charge in [0.1, 0.15) is 12.1 Å². The van der Waals surface area contributed by atoms with E-state index in [1.165, 1.54) is 0 Å². The van der Waals surface area contributed by atoms with Gasteiger partial charge in [-0.3, -0.25) is 9.36 Å². The van der Waals surface area contributed by atoms with Crippen molar-refractivity contribution >= 4 is 5.91 Å². The third-order valence-electron chi connectivity index (χ3n) is 4.11. The van der Waals surface area contributed by atoms with Crippen LogP contribution in [0.4, 0.5) is 0 Å². The predicted molar refractivity (Wildman–Crippen MR) is 86.0 cm³/mol. The first-order chi connectivity index (χ1) is 11.2. The van der Waals surface area contributed by atoms with Crippen LogP contribution in [0, 0.1) is 0 Å². The Kier molecular flexibility index (Phi) is 5.02. The summed E-state index contributed by atoms with van der Waals surface area (Å²) in [6, 6.07) is 3.83. The Bertz CT molecular complexity index is 642. The van der Waals surface area contributed by atoms with E-state index in [9.17, 15) is 4.79 Å². The summed E-state index contributed by atoms with van der Waals surface area (Å²) >= 11 is 0. The average molecular weight is 314 g/mol. The predicted octanol–water partition coefficient (Wildman–Crippen LogP) is 2.23. The molecule has 6 heteroatoms. The zero-order valence-corrected chi connectivity index (χ0v) is 13.3. The molecule has 2 unspecified atom stereocenters. The molecule has 3 heterocycles. The molecule has 1 saturated heterocycles. The van der Waals surface area contributed by atoms with Gasteiger partial charge in [-0.05, 0) is 32.3 Å². The smallest absolute Gasteiger partial charge is 0.220 e. The number of rotatable bonds is 6. The number of aromatic nitrogens is 3. The van der Waals surface area contributed by atoms with E-state index in [2.05, 4.69) is 22.2 Å². The first-order valence-electron chi connectivity index (χ1n) is 8.07. The molecule has 1 amide bonds. The molecule has 23 heavy (non-hydrogen) atoms. The topological polar surface area (TPSA) is 69.0 Å². The number of carbonyl (C=O) groups is 1.